The summed E-state index contributed by atoms with van der Waals surface area (Å²) in [5.41, 5.74) is 0.819. The molecule has 0 spiro atoms. The van der Waals surface area contributed by atoms with Crippen molar-refractivity contribution in [2.45, 2.75) is 32.4 Å². The topological polar surface area (TPSA) is 104 Å². The Bertz CT molecular complexity index is 830. The van der Waals surface area contributed by atoms with Crippen LogP contribution in [0.2, 0.25) is 0 Å². The van der Waals surface area contributed by atoms with Crippen LogP contribution in [0.1, 0.15) is 37.1 Å². The van der Waals surface area contributed by atoms with Crippen molar-refractivity contribution in [2.24, 2.45) is 5.92 Å². The highest BCUT2D eigenvalue weighted by Crippen LogP contribution is 2.27. The van der Waals surface area contributed by atoms with Gasteiger partial charge >= 0.3 is 6.03 Å². The number of hydrogen-bond acceptors (Lipinski definition) is 5. The largest absolute Gasteiger partial charge is 0.467 e. The van der Waals surface area contributed by atoms with Crippen LogP contribution in [-0.4, -0.2) is 42.4 Å². The first-order valence-corrected chi connectivity index (χ1v) is 10.3. The molecule has 1 aliphatic heterocycles. The quantitative estimate of drug-likeness (QED) is 0.647. The standard InChI is InChI=1S/C22H28N4O4/c1-2-23-22(29)25-21(28)19(16-7-4-3-5-8-16)26-12-10-17(11-13-26)20(27)24-15-18-9-6-14-30-18/h3-9,14,17,19H,2,10-13,15H2,1H3,(H,24,27)(H2,23,25,28,29). The van der Waals surface area contributed by atoms with E-state index in [0.29, 0.717) is 44.8 Å². The van der Waals surface area contributed by atoms with Crippen molar-refractivity contribution < 1.29 is 18.8 Å². The molecule has 160 valence electrons. The molecule has 3 rings (SSSR count). The van der Waals surface area contributed by atoms with Crippen LogP contribution >= 0.6 is 0 Å². The van der Waals surface area contributed by atoms with Gasteiger partial charge in [0.05, 0.1) is 12.8 Å². The number of hydrogen-bond donors (Lipinski definition) is 3. The van der Waals surface area contributed by atoms with Crippen LogP contribution in [0.15, 0.2) is 53.1 Å². The maximum atomic E-state index is 12.9. The van der Waals surface area contributed by atoms with Crippen LogP contribution < -0.4 is 16.0 Å². The highest BCUT2D eigenvalue weighted by molar-refractivity contribution is 5.97. The SMILES string of the molecule is CCNC(=O)NC(=O)C(c1ccccc1)N1CCC(C(=O)NCc2ccco2)CC1. The molecule has 4 amide bonds. The Labute approximate surface area is 176 Å². The van der Waals surface area contributed by atoms with Gasteiger partial charge in [-0.05, 0) is 50.6 Å². The molecule has 1 aliphatic rings. The summed E-state index contributed by atoms with van der Waals surface area (Å²) >= 11 is 0. The molecule has 1 fully saturated rings. The summed E-state index contributed by atoms with van der Waals surface area (Å²) in [4.78, 5) is 39.3. The van der Waals surface area contributed by atoms with E-state index >= 15 is 0 Å². The van der Waals surface area contributed by atoms with Crippen molar-refractivity contribution >= 4 is 17.8 Å². The van der Waals surface area contributed by atoms with E-state index in [0.717, 1.165) is 5.56 Å². The second kappa shape index (κ2) is 10.6. The van der Waals surface area contributed by atoms with E-state index in [1.54, 1.807) is 19.3 Å². The normalized spacial score (nSPS) is 15.9. The molecule has 2 aromatic rings. The lowest BCUT2D eigenvalue weighted by Crippen LogP contribution is -2.49. The van der Waals surface area contributed by atoms with E-state index in [9.17, 15) is 14.4 Å². The number of urea groups is 1. The summed E-state index contributed by atoms with van der Waals surface area (Å²) in [5.74, 6) is 0.230. The second-order valence-electron chi connectivity index (χ2n) is 7.27. The third-order valence-corrected chi connectivity index (χ3v) is 5.22. The number of imide groups is 1. The Morgan fingerprint density at radius 1 is 1.07 bits per heavy atom. The van der Waals surface area contributed by atoms with Gasteiger partial charge in [-0.25, -0.2) is 4.79 Å². The molecule has 3 N–H and O–H groups in total. The van der Waals surface area contributed by atoms with E-state index < -0.39 is 12.1 Å². The number of likely N-dealkylation sites (tertiary alicyclic amines) is 1. The number of nitrogens with zero attached hydrogens (tertiary/aromatic N) is 1. The average Bonchev–Trinajstić information content (AvgIpc) is 3.27. The van der Waals surface area contributed by atoms with Crippen LogP contribution in [-0.2, 0) is 16.1 Å². The predicted molar refractivity (Wildman–Crippen MR) is 111 cm³/mol. The van der Waals surface area contributed by atoms with Gasteiger partial charge in [0.15, 0.2) is 0 Å². The Hall–Kier alpha value is -3.13. The monoisotopic (exact) mass is 412 g/mol. The van der Waals surface area contributed by atoms with Gasteiger partial charge < -0.3 is 15.1 Å². The third-order valence-electron chi connectivity index (χ3n) is 5.22. The van der Waals surface area contributed by atoms with Crippen molar-refractivity contribution in [1.29, 1.82) is 0 Å². The smallest absolute Gasteiger partial charge is 0.321 e. The average molecular weight is 412 g/mol. The number of carbonyl (C=O) groups is 3. The maximum Gasteiger partial charge on any atom is 0.321 e. The number of furan rings is 1. The highest BCUT2D eigenvalue weighted by Gasteiger charge is 2.33. The molecule has 8 nitrogen and oxygen atoms in total. The molecule has 0 saturated carbocycles. The van der Waals surface area contributed by atoms with Gasteiger partial charge in [0, 0.05) is 12.5 Å². The van der Waals surface area contributed by atoms with E-state index in [2.05, 4.69) is 16.0 Å². The first-order valence-electron chi connectivity index (χ1n) is 10.3. The summed E-state index contributed by atoms with van der Waals surface area (Å²) < 4.78 is 5.24. The zero-order valence-corrected chi connectivity index (χ0v) is 17.1. The number of benzene rings is 1. The van der Waals surface area contributed by atoms with Crippen molar-refractivity contribution in [3.8, 4) is 0 Å². The van der Waals surface area contributed by atoms with Gasteiger partial charge in [-0.2, -0.15) is 0 Å². The molecule has 1 aromatic heterocycles. The number of carbonyl (C=O) groups excluding carboxylic acids is 3. The van der Waals surface area contributed by atoms with Crippen LogP contribution in [0, 0.1) is 5.92 Å². The molecule has 1 unspecified atom stereocenters. The third kappa shape index (κ3) is 5.70. The number of rotatable bonds is 7. The van der Waals surface area contributed by atoms with Gasteiger partial charge in [0.25, 0.3) is 0 Å². The molecular weight excluding hydrogens is 384 g/mol. The summed E-state index contributed by atoms with van der Waals surface area (Å²) in [7, 11) is 0. The van der Waals surface area contributed by atoms with E-state index in [1.165, 1.54) is 0 Å². The van der Waals surface area contributed by atoms with Crippen LogP contribution in [0.25, 0.3) is 0 Å². The number of piperidine rings is 1. The Balaban J connectivity index is 1.60. The number of nitrogens with one attached hydrogen (secondary N) is 3. The zero-order chi connectivity index (χ0) is 21.3. The van der Waals surface area contributed by atoms with Crippen molar-refractivity contribution in [3.63, 3.8) is 0 Å². The van der Waals surface area contributed by atoms with E-state index in [1.807, 2.05) is 41.3 Å². The van der Waals surface area contributed by atoms with Crippen LogP contribution in [0.4, 0.5) is 4.79 Å². The molecule has 1 atom stereocenters. The Kier molecular flexibility index (Phi) is 7.62. The molecule has 8 heteroatoms. The first-order chi connectivity index (χ1) is 14.6. The lowest BCUT2D eigenvalue weighted by molar-refractivity contribution is -0.128. The highest BCUT2D eigenvalue weighted by atomic mass is 16.3. The lowest BCUT2D eigenvalue weighted by Gasteiger charge is -2.36. The second-order valence-corrected chi connectivity index (χ2v) is 7.27. The fourth-order valence-corrected chi connectivity index (χ4v) is 3.70. The number of amides is 4. The molecule has 30 heavy (non-hydrogen) atoms. The van der Waals surface area contributed by atoms with Gasteiger partial charge in [0.2, 0.25) is 11.8 Å². The van der Waals surface area contributed by atoms with Gasteiger partial charge in [0.1, 0.15) is 11.8 Å². The minimum atomic E-state index is -0.582. The summed E-state index contributed by atoms with van der Waals surface area (Å²) in [6, 6.07) is 11.9. The lowest BCUT2D eigenvalue weighted by atomic mass is 9.93. The minimum Gasteiger partial charge on any atom is -0.467 e. The molecule has 0 bridgehead atoms. The summed E-state index contributed by atoms with van der Waals surface area (Å²) in [5, 5.41) is 7.92. The van der Waals surface area contributed by atoms with Crippen molar-refractivity contribution in [1.82, 2.24) is 20.9 Å². The molecule has 2 heterocycles. The van der Waals surface area contributed by atoms with E-state index in [-0.39, 0.29) is 17.7 Å². The molecule has 1 aromatic carbocycles. The summed E-state index contributed by atoms with van der Waals surface area (Å²) in [6.45, 7) is 3.77. The maximum absolute atomic E-state index is 12.9. The molecular formula is C22H28N4O4. The van der Waals surface area contributed by atoms with Gasteiger partial charge in [-0.15, -0.1) is 0 Å². The minimum absolute atomic E-state index is 0.00548. The van der Waals surface area contributed by atoms with E-state index in [4.69, 9.17) is 4.42 Å². The van der Waals surface area contributed by atoms with Crippen molar-refractivity contribution in [2.75, 3.05) is 19.6 Å². The first kappa shape index (κ1) is 21.6. The van der Waals surface area contributed by atoms with Crippen LogP contribution in [0.5, 0.6) is 0 Å². The molecule has 0 aliphatic carbocycles. The molecule has 0 radical (unpaired) electrons. The van der Waals surface area contributed by atoms with Crippen molar-refractivity contribution in [3.05, 3.63) is 60.1 Å². The van der Waals surface area contributed by atoms with Crippen LogP contribution in [0.3, 0.4) is 0 Å². The predicted octanol–water partition coefficient (Wildman–Crippen LogP) is 2.19. The van der Waals surface area contributed by atoms with Gasteiger partial charge in [-0.1, -0.05) is 30.3 Å². The summed E-state index contributed by atoms with van der Waals surface area (Å²) in [6.07, 6.45) is 2.86. The van der Waals surface area contributed by atoms with Gasteiger partial charge in [-0.3, -0.25) is 19.8 Å². The fourth-order valence-electron chi connectivity index (χ4n) is 3.70. The zero-order valence-electron chi connectivity index (χ0n) is 17.1. The Morgan fingerprint density at radius 3 is 2.43 bits per heavy atom. The Morgan fingerprint density at radius 2 is 1.80 bits per heavy atom. The fraction of sp³-hybridized carbons (Fsp3) is 0.409. The molecule has 1 saturated heterocycles.